The van der Waals surface area contributed by atoms with Gasteiger partial charge in [-0.25, -0.2) is 0 Å². The lowest BCUT2D eigenvalue weighted by Gasteiger charge is -2.40. The van der Waals surface area contributed by atoms with Gasteiger partial charge in [-0.05, 0) is 44.6 Å². The highest BCUT2D eigenvalue weighted by Crippen LogP contribution is 2.42. The SMILES string of the molecule is C=C1CC[C@@H]2CC[C@H](OC(=O)C/C(C)=C/[C@@H](OC(C)=O)C1)C(=O)C2(C)C. The molecule has 5 nitrogen and oxygen atoms in total. The van der Waals surface area contributed by atoms with Gasteiger partial charge in [0.1, 0.15) is 6.10 Å². The molecule has 0 saturated heterocycles. The highest BCUT2D eigenvalue weighted by Gasteiger charge is 2.45. The van der Waals surface area contributed by atoms with E-state index >= 15 is 0 Å². The second-order valence-electron chi connectivity index (χ2n) is 8.17. The van der Waals surface area contributed by atoms with Crippen LogP contribution in [0.3, 0.4) is 0 Å². The summed E-state index contributed by atoms with van der Waals surface area (Å²) >= 11 is 0. The predicted octanol–water partition coefficient (Wildman–Crippen LogP) is 3.91. The molecule has 2 bridgehead atoms. The first-order valence-electron chi connectivity index (χ1n) is 9.34. The number of ketones is 1. The number of carbonyl (C=O) groups excluding carboxylic acids is 3. The van der Waals surface area contributed by atoms with Gasteiger partial charge < -0.3 is 9.47 Å². The molecule has 0 N–H and O–H groups in total. The third-order valence-electron chi connectivity index (χ3n) is 5.55. The fourth-order valence-electron chi connectivity index (χ4n) is 4.00. The van der Waals surface area contributed by atoms with Crippen molar-refractivity contribution in [1.29, 1.82) is 0 Å². The Morgan fingerprint density at radius 1 is 1.27 bits per heavy atom. The average Bonchev–Trinajstić information content (AvgIpc) is 2.49. The van der Waals surface area contributed by atoms with Gasteiger partial charge in [0.25, 0.3) is 0 Å². The number of hydrogen-bond acceptors (Lipinski definition) is 5. The molecule has 3 aliphatic rings. The fourth-order valence-corrected chi connectivity index (χ4v) is 4.00. The lowest BCUT2D eigenvalue weighted by atomic mass is 9.65. The molecule has 0 aromatic rings. The van der Waals surface area contributed by atoms with E-state index in [0.717, 1.165) is 30.4 Å². The van der Waals surface area contributed by atoms with Crippen LogP contribution in [0.25, 0.3) is 0 Å². The molecule has 2 aliphatic heterocycles. The van der Waals surface area contributed by atoms with Crippen LogP contribution in [-0.2, 0) is 23.9 Å². The molecule has 0 radical (unpaired) electrons. The molecular formula is C21H30O5. The molecule has 0 aromatic carbocycles. The highest BCUT2D eigenvalue weighted by atomic mass is 16.5. The van der Waals surface area contributed by atoms with Crippen molar-refractivity contribution in [3.8, 4) is 0 Å². The fraction of sp³-hybridized carbons (Fsp3) is 0.667. The van der Waals surface area contributed by atoms with Crippen molar-refractivity contribution in [2.24, 2.45) is 11.3 Å². The lowest BCUT2D eigenvalue weighted by molar-refractivity contribution is -0.163. The Balaban J connectivity index is 2.27. The van der Waals surface area contributed by atoms with E-state index in [1.165, 1.54) is 6.92 Å². The van der Waals surface area contributed by atoms with Crippen LogP contribution in [0.15, 0.2) is 23.8 Å². The summed E-state index contributed by atoms with van der Waals surface area (Å²) < 4.78 is 10.8. The van der Waals surface area contributed by atoms with Gasteiger partial charge in [0.2, 0.25) is 0 Å². The van der Waals surface area contributed by atoms with Crippen LogP contribution in [0.5, 0.6) is 0 Å². The lowest BCUT2D eigenvalue weighted by Crippen LogP contribution is -2.46. The van der Waals surface area contributed by atoms with Crippen LogP contribution in [0, 0.1) is 11.3 Å². The quantitative estimate of drug-likeness (QED) is 0.522. The Morgan fingerprint density at radius 2 is 1.96 bits per heavy atom. The summed E-state index contributed by atoms with van der Waals surface area (Å²) in [6, 6.07) is 0. The zero-order valence-electron chi connectivity index (χ0n) is 16.3. The normalized spacial score (nSPS) is 32.2. The standard InChI is InChI=1S/C21H30O5/c1-13-6-7-16-8-9-18(20(24)21(16,4)5)26-19(23)12-14(2)11-17(10-13)25-15(3)22/h11,16-18H,1,6-10,12H2,2-5H3/b14-11+/t16-,17+,18+/m1/s1. The topological polar surface area (TPSA) is 69.7 Å². The second kappa shape index (κ2) is 8.19. The zero-order chi connectivity index (χ0) is 19.5. The number of esters is 2. The van der Waals surface area contributed by atoms with Crippen LogP contribution in [0.1, 0.15) is 66.2 Å². The third-order valence-corrected chi connectivity index (χ3v) is 5.55. The summed E-state index contributed by atoms with van der Waals surface area (Å²) in [6.45, 7) is 11.2. The molecule has 1 fully saturated rings. The molecular weight excluding hydrogens is 332 g/mol. The van der Waals surface area contributed by atoms with E-state index in [9.17, 15) is 14.4 Å². The van der Waals surface area contributed by atoms with Crippen molar-refractivity contribution < 1.29 is 23.9 Å². The maximum Gasteiger partial charge on any atom is 0.310 e. The Hall–Kier alpha value is -1.91. The number of hydrogen-bond donors (Lipinski definition) is 0. The molecule has 5 heteroatoms. The maximum absolute atomic E-state index is 12.8. The van der Waals surface area contributed by atoms with Crippen molar-refractivity contribution in [1.82, 2.24) is 0 Å². The van der Waals surface area contributed by atoms with Crippen LogP contribution in [0.4, 0.5) is 0 Å². The third kappa shape index (κ3) is 5.05. The first-order chi connectivity index (χ1) is 12.1. The summed E-state index contributed by atoms with van der Waals surface area (Å²) in [4.78, 5) is 36.4. The van der Waals surface area contributed by atoms with E-state index < -0.39 is 23.6 Å². The molecule has 3 rings (SSSR count). The van der Waals surface area contributed by atoms with Gasteiger partial charge in [0, 0.05) is 18.8 Å². The van der Waals surface area contributed by atoms with Crippen molar-refractivity contribution in [3.05, 3.63) is 23.8 Å². The second-order valence-corrected chi connectivity index (χ2v) is 8.17. The predicted molar refractivity (Wildman–Crippen MR) is 98.3 cm³/mol. The van der Waals surface area contributed by atoms with Crippen LogP contribution in [-0.4, -0.2) is 29.9 Å². The maximum atomic E-state index is 12.8. The Kier molecular flexibility index (Phi) is 6.43. The Labute approximate surface area is 155 Å². The first kappa shape index (κ1) is 20.4. The minimum absolute atomic E-state index is 0.0178. The molecule has 1 aliphatic carbocycles. The van der Waals surface area contributed by atoms with Crippen LogP contribution >= 0.6 is 0 Å². The number of rotatable bonds is 1. The molecule has 144 valence electrons. The van der Waals surface area contributed by atoms with Crippen molar-refractivity contribution in [3.63, 3.8) is 0 Å². The van der Waals surface area contributed by atoms with Crippen molar-refractivity contribution in [2.75, 3.05) is 0 Å². The van der Waals surface area contributed by atoms with Gasteiger partial charge in [-0.3, -0.25) is 14.4 Å². The number of Topliss-reactive ketones (excluding diaryl/α,β-unsaturated/α-hetero) is 1. The molecule has 2 heterocycles. The summed E-state index contributed by atoms with van der Waals surface area (Å²) in [6.07, 6.45) is 4.39. The molecule has 0 unspecified atom stereocenters. The van der Waals surface area contributed by atoms with E-state index in [-0.39, 0.29) is 24.1 Å². The zero-order valence-corrected chi connectivity index (χ0v) is 16.3. The van der Waals surface area contributed by atoms with Crippen molar-refractivity contribution >= 4 is 17.7 Å². The minimum Gasteiger partial charge on any atom is -0.458 e. The van der Waals surface area contributed by atoms with Gasteiger partial charge in [-0.15, -0.1) is 0 Å². The van der Waals surface area contributed by atoms with E-state index in [0.29, 0.717) is 12.8 Å². The average molecular weight is 362 g/mol. The highest BCUT2D eigenvalue weighted by molar-refractivity contribution is 5.91. The largest absolute Gasteiger partial charge is 0.458 e. The van der Waals surface area contributed by atoms with Gasteiger partial charge in [-0.1, -0.05) is 31.6 Å². The smallest absolute Gasteiger partial charge is 0.310 e. The Morgan fingerprint density at radius 3 is 2.62 bits per heavy atom. The monoisotopic (exact) mass is 362 g/mol. The summed E-state index contributed by atoms with van der Waals surface area (Å²) in [5.74, 6) is -0.525. The van der Waals surface area contributed by atoms with E-state index in [1.807, 2.05) is 13.8 Å². The molecule has 0 aromatic heterocycles. The molecule has 1 saturated carbocycles. The summed E-state index contributed by atoms with van der Waals surface area (Å²) in [7, 11) is 0. The van der Waals surface area contributed by atoms with E-state index in [4.69, 9.17) is 9.47 Å². The van der Waals surface area contributed by atoms with Gasteiger partial charge in [0.05, 0.1) is 6.42 Å². The van der Waals surface area contributed by atoms with Gasteiger partial charge >= 0.3 is 11.9 Å². The number of fused-ring (bicyclic) bond motifs is 10. The molecule has 0 spiro atoms. The molecule has 0 amide bonds. The molecule has 26 heavy (non-hydrogen) atoms. The Bertz CT molecular complexity index is 628. The summed E-state index contributed by atoms with van der Waals surface area (Å²) in [5.41, 5.74) is 1.23. The van der Waals surface area contributed by atoms with E-state index in [1.54, 1.807) is 13.0 Å². The van der Waals surface area contributed by atoms with Crippen molar-refractivity contribution in [2.45, 2.75) is 78.4 Å². The minimum atomic E-state index is -0.656. The van der Waals surface area contributed by atoms with Gasteiger partial charge in [0.15, 0.2) is 11.9 Å². The number of carbonyl (C=O) groups is 3. The van der Waals surface area contributed by atoms with Crippen LogP contribution < -0.4 is 0 Å². The summed E-state index contributed by atoms with van der Waals surface area (Å²) in [5, 5.41) is 0. The van der Waals surface area contributed by atoms with E-state index in [2.05, 4.69) is 6.58 Å². The van der Waals surface area contributed by atoms with Gasteiger partial charge in [-0.2, -0.15) is 0 Å². The molecule has 3 atom stereocenters. The first-order valence-corrected chi connectivity index (χ1v) is 9.34. The number of ether oxygens (including phenoxy) is 2. The van der Waals surface area contributed by atoms with Crippen LogP contribution in [0.2, 0.25) is 0 Å².